The Morgan fingerprint density at radius 3 is 2.15 bits per heavy atom. The number of aromatic nitrogens is 1. The number of rotatable bonds is 7. The lowest BCUT2D eigenvalue weighted by atomic mass is 10.0. The Kier molecular flexibility index (Phi) is 5.59. The quantitative estimate of drug-likeness (QED) is 0.697. The minimum Gasteiger partial charge on any atom is -0.497 e. The predicted octanol–water partition coefficient (Wildman–Crippen LogP) is 4.12. The van der Waals surface area contributed by atoms with Gasteiger partial charge in [0, 0.05) is 36.3 Å². The molecule has 0 aliphatic rings. The van der Waals surface area contributed by atoms with E-state index in [0.717, 1.165) is 5.56 Å². The molecule has 0 fully saturated rings. The maximum Gasteiger partial charge on any atom is 0.226 e. The van der Waals surface area contributed by atoms with Crippen molar-refractivity contribution in [3.8, 4) is 11.5 Å². The molecule has 2 aromatic carbocycles. The third-order valence-electron chi connectivity index (χ3n) is 4.19. The first-order valence-electron chi connectivity index (χ1n) is 8.40. The molecule has 5 heteroatoms. The maximum absolute atomic E-state index is 12.7. The molecule has 3 rings (SSSR count). The van der Waals surface area contributed by atoms with Crippen molar-refractivity contribution >= 4 is 11.6 Å². The van der Waals surface area contributed by atoms with Gasteiger partial charge in [0.2, 0.25) is 5.91 Å². The van der Waals surface area contributed by atoms with Crippen LogP contribution in [0.15, 0.2) is 73.1 Å². The largest absolute Gasteiger partial charge is 0.497 e. The fraction of sp³-hybridized carbons (Fsp3) is 0.190. The molecule has 26 heavy (non-hydrogen) atoms. The molecule has 1 aromatic heterocycles. The summed E-state index contributed by atoms with van der Waals surface area (Å²) in [6, 6.07) is 19.2. The number of nitrogens with one attached hydrogen (secondary N) is 1. The summed E-state index contributed by atoms with van der Waals surface area (Å²) in [6.07, 6.45) is 4.26. The van der Waals surface area contributed by atoms with Crippen LogP contribution >= 0.6 is 0 Å². The van der Waals surface area contributed by atoms with Gasteiger partial charge in [0.1, 0.15) is 11.5 Å². The highest BCUT2D eigenvalue weighted by Crippen LogP contribution is 2.27. The lowest BCUT2D eigenvalue weighted by molar-refractivity contribution is -0.116. The van der Waals surface area contributed by atoms with Gasteiger partial charge in [-0.05, 0) is 17.7 Å². The normalized spacial score (nSPS) is 11.6. The Balaban J connectivity index is 1.79. The number of methoxy groups -OCH3 is 2. The molecule has 0 aliphatic heterocycles. The fourth-order valence-electron chi connectivity index (χ4n) is 2.89. The number of ether oxygens (including phenoxy) is 2. The highest BCUT2D eigenvalue weighted by Gasteiger charge is 2.17. The second-order valence-electron chi connectivity index (χ2n) is 5.91. The van der Waals surface area contributed by atoms with Crippen molar-refractivity contribution in [1.29, 1.82) is 0 Å². The number of hydrogen-bond donors (Lipinski definition) is 1. The van der Waals surface area contributed by atoms with E-state index < -0.39 is 0 Å². The van der Waals surface area contributed by atoms with Crippen LogP contribution in [0.2, 0.25) is 0 Å². The third-order valence-corrected chi connectivity index (χ3v) is 4.19. The molecular weight excluding hydrogens is 328 g/mol. The molecule has 1 N–H and O–H groups in total. The van der Waals surface area contributed by atoms with Gasteiger partial charge in [-0.25, -0.2) is 0 Å². The molecule has 0 aliphatic carbocycles. The van der Waals surface area contributed by atoms with Gasteiger partial charge < -0.3 is 19.4 Å². The fourth-order valence-corrected chi connectivity index (χ4v) is 2.89. The highest BCUT2D eigenvalue weighted by molar-refractivity contribution is 5.91. The van der Waals surface area contributed by atoms with Crippen molar-refractivity contribution in [1.82, 2.24) is 4.57 Å². The number of hydrogen-bond acceptors (Lipinski definition) is 3. The second-order valence-corrected chi connectivity index (χ2v) is 5.91. The molecule has 0 bridgehead atoms. The van der Waals surface area contributed by atoms with E-state index in [-0.39, 0.29) is 11.9 Å². The van der Waals surface area contributed by atoms with Crippen molar-refractivity contribution in [2.75, 3.05) is 19.5 Å². The summed E-state index contributed by atoms with van der Waals surface area (Å²) in [5.41, 5.74) is 1.73. The van der Waals surface area contributed by atoms with Crippen LogP contribution in [0, 0.1) is 0 Å². The van der Waals surface area contributed by atoms with Crippen molar-refractivity contribution in [2.24, 2.45) is 0 Å². The number of amides is 1. The van der Waals surface area contributed by atoms with E-state index >= 15 is 0 Å². The Morgan fingerprint density at radius 2 is 1.58 bits per heavy atom. The number of benzene rings is 2. The van der Waals surface area contributed by atoms with E-state index in [1.165, 1.54) is 0 Å². The van der Waals surface area contributed by atoms with Crippen molar-refractivity contribution in [2.45, 2.75) is 12.5 Å². The van der Waals surface area contributed by atoms with Gasteiger partial charge in [0.25, 0.3) is 0 Å². The van der Waals surface area contributed by atoms with E-state index in [9.17, 15) is 4.79 Å². The Morgan fingerprint density at radius 1 is 0.962 bits per heavy atom. The van der Waals surface area contributed by atoms with Crippen LogP contribution < -0.4 is 14.8 Å². The molecule has 0 unspecified atom stereocenters. The Bertz CT molecular complexity index is 823. The van der Waals surface area contributed by atoms with Crippen LogP contribution in [0.4, 0.5) is 5.69 Å². The van der Waals surface area contributed by atoms with Gasteiger partial charge in [-0.15, -0.1) is 0 Å². The van der Waals surface area contributed by atoms with Crippen LogP contribution in [0.25, 0.3) is 0 Å². The molecule has 0 saturated heterocycles. The molecule has 1 atom stereocenters. The molecule has 1 amide bonds. The first kappa shape index (κ1) is 17.6. The third kappa shape index (κ3) is 4.25. The monoisotopic (exact) mass is 350 g/mol. The zero-order valence-electron chi connectivity index (χ0n) is 14.9. The Labute approximate surface area is 153 Å². The highest BCUT2D eigenvalue weighted by atomic mass is 16.5. The zero-order valence-corrected chi connectivity index (χ0v) is 14.9. The van der Waals surface area contributed by atoms with Crippen LogP contribution in [0.5, 0.6) is 11.5 Å². The van der Waals surface area contributed by atoms with Crippen molar-refractivity contribution in [3.05, 3.63) is 78.6 Å². The zero-order chi connectivity index (χ0) is 18.4. The standard InChI is InChI=1S/C21H22N2O3/c1-25-18-12-17(13-19(14-18)26-2)22-21(24)15-20(23-10-6-7-11-23)16-8-4-3-5-9-16/h3-14,20H,15H2,1-2H3,(H,22,24)/t20-/m1/s1. The first-order valence-corrected chi connectivity index (χ1v) is 8.40. The summed E-state index contributed by atoms with van der Waals surface area (Å²) in [7, 11) is 3.16. The van der Waals surface area contributed by atoms with Crippen molar-refractivity contribution < 1.29 is 14.3 Å². The van der Waals surface area contributed by atoms with E-state index in [1.54, 1.807) is 32.4 Å². The predicted molar refractivity (Wildman–Crippen MR) is 102 cm³/mol. The molecule has 0 radical (unpaired) electrons. The second kappa shape index (κ2) is 8.25. The van der Waals surface area contributed by atoms with E-state index in [1.807, 2.05) is 59.4 Å². The first-order chi connectivity index (χ1) is 12.7. The van der Waals surface area contributed by atoms with Gasteiger partial charge in [-0.3, -0.25) is 4.79 Å². The topological polar surface area (TPSA) is 52.5 Å². The minimum atomic E-state index is -0.0807. The average Bonchev–Trinajstić information content (AvgIpc) is 3.21. The summed E-state index contributed by atoms with van der Waals surface area (Å²) in [4.78, 5) is 12.7. The molecule has 1 heterocycles. The lowest BCUT2D eigenvalue weighted by Gasteiger charge is -2.19. The Hall–Kier alpha value is -3.21. The molecule has 3 aromatic rings. The summed E-state index contributed by atoms with van der Waals surface area (Å²) >= 11 is 0. The summed E-state index contributed by atoms with van der Waals surface area (Å²) in [5.74, 6) is 1.18. The molecule has 0 spiro atoms. The summed E-state index contributed by atoms with van der Waals surface area (Å²) in [6.45, 7) is 0. The molecule has 0 saturated carbocycles. The van der Waals surface area contributed by atoms with Crippen molar-refractivity contribution in [3.63, 3.8) is 0 Å². The summed E-state index contributed by atoms with van der Waals surface area (Å²) in [5, 5.41) is 2.94. The molecular formula is C21H22N2O3. The van der Waals surface area contributed by atoms with Gasteiger partial charge >= 0.3 is 0 Å². The van der Waals surface area contributed by atoms with E-state index in [4.69, 9.17) is 9.47 Å². The molecule has 5 nitrogen and oxygen atoms in total. The lowest BCUT2D eigenvalue weighted by Crippen LogP contribution is -2.19. The van der Waals surface area contributed by atoms with Crippen LogP contribution in [0.1, 0.15) is 18.0 Å². The smallest absolute Gasteiger partial charge is 0.226 e. The van der Waals surface area contributed by atoms with E-state index in [2.05, 4.69) is 5.32 Å². The maximum atomic E-state index is 12.7. The van der Waals surface area contributed by atoms with Crippen LogP contribution in [0.3, 0.4) is 0 Å². The van der Waals surface area contributed by atoms with Crippen LogP contribution in [-0.4, -0.2) is 24.7 Å². The number of nitrogens with zero attached hydrogens (tertiary/aromatic N) is 1. The van der Waals surface area contributed by atoms with Gasteiger partial charge in [-0.2, -0.15) is 0 Å². The SMILES string of the molecule is COc1cc(NC(=O)C[C@H](c2ccccc2)n2cccc2)cc(OC)c1. The number of carbonyl (C=O) groups is 1. The average molecular weight is 350 g/mol. The minimum absolute atomic E-state index is 0.0706. The van der Waals surface area contributed by atoms with Gasteiger partial charge in [-0.1, -0.05) is 30.3 Å². The number of anilines is 1. The number of carbonyl (C=O) groups excluding carboxylic acids is 1. The van der Waals surface area contributed by atoms with Crippen LogP contribution in [-0.2, 0) is 4.79 Å². The van der Waals surface area contributed by atoms with Gasteiger partial charge in [0.15, 0.2) is 0 Å². The molecule has 134 valence electrons. The summed E-state index contributed by atoms with van der Waals surface area (Å²) < 4.78 is 12.5. The van der Waals surface area contributed by atoms with E-state index in [0.29, 0.717) is 23.6 Å². The van der Waals surface area contributed by atoms with Gasteiger partial charge in [0.05, 0.1) is 26.7 Å².